The Balaban J connectivity index is 2.23. The molecule has 7 heteroatoms. The second-order valence-corrected chi connectivity index (χ2v) is 4.60. The van der Waals surface area contributed by atoms with E-state index in [0.717, 1.165) is 17.4 Å². The largest absolute Gasteiger partial charge is 0.280 e. The molecule has 2 heterocycles. The van der Waals surface area contributed by atoms with Crippen molar-refractivity contribution in [1.82, 2.24) is 14.6 Å². The van der Waals surface area contributed by atoms with Crippen LogP contribution < -0.4 is 0 Å². The summed E-state index contributed by atoms with van der Waals surface area (Å²) in [7, 11) is 0. The predicted molar refractivity (Wildman–Crippen MR) is 60.1 cm³/mol. The molecule has 2 aromatic heterocycles. The second kappa shape index (κ2) is 3.98. The van der Waals surface area contributed by atoms with Gasteiger partial charge in [0, 0.05) is 17.7 Å². The highest BCUT2D eigenvalue weighted by atomic mass is 35.5. The Kier molecular flexibility index (Phi) is 2.55. The number of halogens is 3. The molecule has 4 nitrogen and oxygen atoms in total. The van der Waals surface area contributed by atoms with Crippen LogP contribution in [-0.4, -0.2) is 19.8 Å². The van der Waals surface area contributed by atoms with Crippen molar-refractivity contribution in [2.45, 2.75) is 25.2 Å². The van der Waals surface area contributed by atoms with E-state index in [2.05, 4.69) is 10.1 Å². The van der Waals surface area contributed by atoms with Crippen LogP contribution in [0.4, 0.5) is 8.78 Å². The van der Waals surface area contributed by atoms with Crippen molar-refractivity contribution in [2.24, 2.45) is 0 Å². The molecule has 1 aliphatic rings. The zero-order valence-corrected chi connectivity index (χ0v) is 9.86. The monoisotopic (exact) mass is 271 g/mol. The van der Waals surface area contributed by atoms with Crippen LogP contribution in [0.3, 0.4) is 0 Å². The number of aromatic nitrogens is 3. The normalized spacial score (nSPS) is 15.6. The minimum Gasteiger partial charge on any atom is -0.274 e. The van der Waals surface area contributed by atoms with Gasteiger partial charge in [0.2, 0.25) is 0 Å². The molecule has 0 bridgehead atoms. The number of hydrogen-bond acceptors (Lipinski definition) is 3. The van der Waals surface area contributed by atoms with Gasteiger partial charge in [-0.2, -0.15) is 5.10 Å². The highest BCUT2D eigenvalue weighted by molar-refractivity contribution is 6.67. The summed E-state index contributed by atoms with van der Waals surface area (Å²) in [5, 5.41) is 2.96. The Hall–Kier alpha value is -1.56. The van der Waals surface area contributed by atoms with Crippen LogP contribution in [0.15, 0.2) is 12.1 Å². The lowest BCUT2D eigenvalue weighted by atomic mass is 10.2. The van der Waals surface area contributed by atoms with E-state index in [1.807, 2.05) is 0 Å². The average molecular weight is 272 g/mol. The highest BCUT2D eigenvalue weighted by Gasteiger charge is 2.28. The Morgan fingerprint density at radius 3 is 2.72 bits per heavy atom. The predicted octanol–water partition coefficient (Wildman–Crippen LogP) is 2.92. The first-order chi connectivity index (χ1) is 8.56. The first-order valence-electron chi connectivity index (χ1n) is 5.45. The van der Waals surface area contributed by atoms with E-state index in [9.17, 15) is 13.6 Å². The van der Waals surface area contributed by atoms with Gasteiger partial charge in [-0.15, -0.1) is 0 Å². The maximum absolute atomic E-state index is 13.0. The first-order valence-corrected chi connectivity index (χ1v) is 5.82. The van der Waals surface area contributed by atoms with Crippen molar-refractivity contribution >= 4 is 22.5 Å². The van der Waals surface area contributed by atoms with Crippen LogP contribution in [0.1, 0.15) is 47.1 Å². The topological polar surface area (TPSA) is 47.3 Å². The van der Waals surface area contributed by atoms with Gasteiger partial charge in [-0.25, -0.2) is 18.3 Å². The summed E-state index contributed by atoms with van der Waals surface area (Å²) in [6.07, 6.45) is -0.756. The van der Waals surface area contributed by atoms with Crippen molar-refractivity contribution in [3.63, 3.8) is 0 Å². The van der Waals surface area contributed by atoms with Crippen molar-refractivity contribution in [2.75, 3.05) is 0 Å². The van der Waals surface area contributed by atoms with Gasteiger partial charge in [-0.1, -0.05) is 0 Å². The molecule has 3 rings (SSSR count). The van der Waals surface area contributed by atoms with Crippen molar-refractivity contribution < 1.29 is 13.6 Å². The molecule has 0 aromatic carbocycles. The summed E-state index contributed by atoms with van der Waals surface area (Å²) in [4.78, 5) is 15.2. The number of carbonyl (C=O) groups excluding carboxylic acids is 1. The van der Waals surface area contributed by atoms with Gasteiger partial charge in [0.25, 0.3) is 11.7 Å². The van der Waals surface area contributed by atoms with Gasteiger partial charge >= 0.3 is 0 Å². The van der Waals surface area contributed by atoms with Crippen molar-refractivity contribution in [1.29, 1.82) is 0 Å². The molecule has 0 saturated heterocycles. The van der Waals surface area contributed by atoms with E-state index >= 15 is 0 Å². The molecule has 18 heavy (non-hydrogen) atoms. The zero-order valence-electron chi connectivity index (χ0n) is 9.11. The van der Waals surface area contributed by atoms with Gasteiger partial charge < -0.3 is 0 Å². The molecule has 0 unspecified atom stereocenters. The van der Waals surface area contributed by atoms with E-state index in [1.54, 1.807) is 0 Å². The number of nitrogens with zero attached hydrogens (tertiary/aromatic N) is 3. The van der Waals surface area contributed by atoms with Gasteiger partial charge in [0.1, 0.15) is 11.4 Å². The van der Waals surface area contributed by atoms with E-state index < -0.39 is 11.7 Å². The molecule has 0 N–H and O–H groups in total. The van der Waals surface area contributed by atoms with E-state index in [4.69, 9.17) is 11.6 Å². The third-order valence-electron chi connectivity index (χ3n) is 2.90. The Bertz CT molecular complexity index is 636. The lowest BCUT2D eigenvalue weighted by Crippen LogP contribution is -2.04. The molecule has 0 amide bonds. The van der Waals surface area contributed by atoms with Crippen LogP contribution >= 0.6 is 11.6 Å². The molecule has 1 saturated carbocycles. The van der Waals surface area contributed by atoms with Crippen LogP contribution in [0.2, 0.25) is 0 Å². The van der Waals surface area contributed by atoms with E-state index in [-0.39, 0.29) is 23.0 Å². The standard InChI is InChI=1S/C11H8ClF2N3O/c12-10(18)7-4-9-15-6(5-1-2-5)3-8(11(13)14)17(9)16-7/h3-5,11H,1-2H2. The maximum Gasteiger partial charge on any atom is 0.280 e. The molecular weight excluding hydrogens is 264 g/mol. The number of fused-ring (bicyclic) bond motifs is 1. The third-order valence-corrected chi connectivity index (χ3v) is 3.09. The summed E-state index contributed by atoms with van der Waals surface area (Å²) in [5.41, 5.74) is 0.537. The van der Waals surface area contributed by atoms with E-state index in [0.29, 0.717) is 5.69 Å². The van der Waals surface area contributed by atoms with Gasteiger partial charge in [0.15, 0.2) is 5.65 Å². The van der Waals surface area contributed by atoms with Crippen molar-refractivity contribution in [3.8, 4) is 0 Å². The lowest BCUT2D eigenvalue weighted by molar-refractivity contribution is 0.107. The average Bonchev–Trinajstić information content (AvgIpc) is 3.06. The fourth-order valence-electron chi connectivity index (χ4n) is 1.86. The molecule has 0 atom stereocenters. The Morgan fingerprint density at radius 1 is 1.44 bits per heavy atom. The highest BCUT2D eigenvalue weighted by Crippen LogP contribution is 2.40. The van der Waals surface area contributed by atoms with Crippen molar-refractivity contribution in [3.05, 3.63) is 29.2 Å². The molecule has 94 valence electrons. The minimum absolute atomic E-state index is 0.0704. The fraction of sp³-hybridized carbons (Fsp3) is 0.364. The third kappa shape index (κ3) is 1.86. The van der Waals surface area contributed by atoms with Crippen LogP contribution in [-0.2, 0) is 0 Å². The zero-order chi connectivity index (χ0) is 12.9. The lowest BCUT2D eigenvalue weighted by Gasteiger charge is -2.05. The summed E-state index contributed by atoms with van der Waals surface area (Å²) >= 11 is 5.29. The fourth-order valence-corrected chi connectivity index (χ4v) is 1.95. The molecule has 0 aliphatic heterocycles. The van der Waals surface area contributed by atoms with Crippen LogP contribution in [0.5, 0.6) is 0 Å². The number of hydrogen-bond donors (Lipinski definition) is 0. The molecular formula is C11H8ClF2N3O. The maximum atomic E-state index is 13.0. The molecule has 2 aromatic rings. The van der Waals surface area contributed by atoms with E-state index in [1.165, 1.54) is 12.1 Å². The SMILES string of the molecule is O=C(Cl)c1cc2nc(C3CC3)cc(C(F)F)n2n1. The van der Waals surface area contributed by atoms with Crippen LogP contribution in [0, 0.1) is 0 Å². The quantitative estimate of drug-likeness (QED) is 0.807. The summed E-state index contributed by atoms with van der Waals surface area (Å²) in [5.74, 6) is 0.248. The minimum atomic E-state index is -2.67. The van der Waals surface area contributed by atoms with Gasteiger partial charge in [-0.3, -0.25) is 4.79 Å². The number of carbonyl (C=O) groups is 1. The Morgan fingerprint density at radius 2 is 2.17 bits per heavy atom. The second-order valence-electron chi connectivity index (χ2n) is 4.25. The number of rotatable bonds is 3. The summed E-state index contributed by atoms with van der Waals surface area (Å²) < 4.78 is 26.9. The molecule has 1 aliphatic carbocycles. The molecule has 0 spiro atoms. The van der Waals surface area contributed by atoms with Crippen LogP contribution in [0.25, 0.3) is 5.65 Å². The van der Waals surface area contributed by atoms with Gasteiger partial charge in [-0.05, 0) is 30.5 Å². The number of alkyl halides is 2. The Labute approximate surface area is 106 Å². The first kappa shape index (κ1) is 11.5. The van der Waals surface area contributed by atoms with Gasteiger partial charge in [0.05, 0.1) is 0 Å². The molecule has 1 fully saturated rings. The summed E-state index contributed by atoms with van der Waals surface area (Å²) in [6, 6.07) is 2.68. The molecule has 0 radical (unpaired) electrons. The smallest absolute Gasteiger partial charge is 0.274 e. The summed E-state index contributed by atoms with van der Waals surface area (Å²) in [6.45, 7) is 0.